The lowest BCUT2D eigenvalue weighted by Gasteiger charge is -1.63. The molecule has 2 heteroatoms. The molecular formula is C2H4NO. The Morgan fingerprint density at radius 1 is 2.00 bits per heavy atom. The van der Waals surface area contributed by atoms with Crippen LogP contribution >= 0.6 is 0 Å². The first-order chi connectivity index (χ1) is 1.91. The third kappa shape index (κ3) is 1.47. The number of hydrogen-bond donors (Lipinski definition) is 1. The quantitative estimate of drug-likeness (QED) is 0.405. The summed E-state index contributed by atoms with van der Waals surface area (Å²) in [5, 5.41) is 2.00. The Morgan fingerprint density at radius 3 is 2.25 bits per heavy atom. The van der Waals surface area contributed by atoms with E-state index in [2.05, 4.69) is 7.05 Å². The normalized spacial score (nSPS) is 5.25. The second-order valence-corrected chi connectivity index (χ2v) is 0.322. The molecular weight excluding hydrogens is 54.0 g/mol. The maximum Gasteiger partial charge on any atom is 0.207 e. The van der Waals surface area contributed by atoms with Crippen LogP contribution in [-0.4, -0.2) is 6.41 Å². The largest absolute Gasteiger partial charge is 0.357 e. The van der Waals surface area contributed by atoms with Crippen LogP contribution < -0.4 is 5.32 Å². The fourth-order valence-corrected chi connectivity index (χ4v) is 0. The summed E-state index contributed by atoms with van der Waals surface area (Å²) in [5.74, 6) is 0. The van der Waals surface area contributed by atoms with Crippen LogP contribution in [0.25, 0.3) is 0 Å². The van der Waals surface area contributed by atoms with Gasteiger partial charge >= 0.3 is 0 Å². The van der Waals surface area contributed by atoms with E-state index in [0.29, 0.717) is 6.41 Å². The van der Waals surface area contributed by atoms with Crippen LogP contribution in [-0.2, 0) is 4.79 Å². The Kier molecular flexibility index (Phi) is 2.14. The third-order valence-corrected chi connectivity index (χ3v) is 0.0833. The van der Waals surface area contributed by atoms with Gasteiger partial charge in [-0.25, -0.2) is 0 Å². The van der Waals surface area contributed by atoms with Gasteiger partial charge in [-0.05, 0) is 0 Å². The molecule has 0 saturated heterocycles. The molecule has 0 aliphatic rings. The van der Waals surface area contributed by atoms with Gasteiger partial charge in [0.05, 0.1) is 0 Å². The Hall–Kier alpha value is -0.530. The van der Waals surface area contributed by atoms with Crippen molar-refractivity contribution in [3.8, 4) is 0 Å². The molecule has 0 unspecified atom stereocenters. The molecule has 0 atom stereocenters. The third-order valence-electron chi connectivity index (χ3n) is 0.0833. The van der Waals surface area contributed by atoms with Crippen LogP contribution in [0.5, 0.6) is 0 Å². The van der Waals surface area contributed by atoms with E-state index in [0.717, 1.165) is 0 Å². The minimum atomic E-state index is 0.514. The zero-order valence-electron chi connectivity index (χ0n) is 2.19. The lowest BCUT2D eigenvalue weighted by molar-refractivity contribution is -0.108. The smallest absolute Gasteiger partial charge is 0.207 e. The highest BCUT2D eigenvalue weighted by molar-refractivity contribution is 5.45. The summed E-state index contributed by atoms with van der Waals surface area (Å²) in [5.41, 5.74) is 0. The first kappa shape index (κ1) is 3.47. The van der Waals surface area contributed by atoms with E-state index in [4.69, 9.17) is 4.79 Å². The molecule has 23 valence electrons. The Morgan fingerprint density at radius 2 is 2.25 bits per heavy atom. The molecule has 0 aromatic rings. The van der Waals surface area contributed by atoms with Gasteiger partial charge in [-0.15, -0.1) is 0 Å². The van der Waals surface area contributed by atoms with Gasteiger partial charge in [0, 0.05) is 7.05 Å². The molecule has 0 spiro atoms. The fraction of sp³-hybridized carbons (Fsp3) is 0. The van der Waals surface area contributed by atoms with Crippen LogP contribution in [0, 0.1) is 7.05 Å². The van der Waals surface area contributed by atoms with Gasteiger partial charge in [-0.1, -0.05) is 0 Å². The molecule has 0 aliphatic heterocycles. The zero-order valence-corrected chi connectivity index (χ0v) is 2.19. The molecule has 4 heavy (non-hydrogen) atoms. The van der Waals surface area contributed by atoms with Gasteiger partial charge in [-0.3, -0.25) is 4.79 Å². The maximum absolute atomic E-state index is 9.00. The Balaban J connectivity index is 2.30. The fourth-order valence-electron chi connectivity index (χ4n) is 0. The van der Waals surface area contributed by atoms with Crippen molar-refractivity contribution in [2.45, 2.75) is 0 Å². The lowest BCUT2D eigenvalue weighted by atomic mass is 11.2. The number of hydrogen-bond acceptors (Lipinski definition) is 1. The van der Waals surface area contributed by atoms with Crippen molar-refractivity contribution in [3.05, 3.63) is 7.05 Å². The van der Waals surface area contributed by atoms with Crippen molar-refractivity contribution < 1.29 is 4.79 Å². The van der Waals surface area contributed by atoms with Crippen LogP contribution in [0.15, 0.2) is 0 Å². The standard InChI is InChI=1S/C2H4NO/c1-3-2-4/h2H,1H2,(H,3,4). The molecule has 0 bridgehead atoms. The molecule has 1 amide bonds. The molecule has 1 radical (unpaired) electrons. The van der Waals surface area contributed by atoms with Gasteiger partial charge in [0.1, 0.15) is 0 Å². The summed E-state index contributed by atoms with van der Waals surface area (Å²) in [6.45, 7) is 0. The van der Waals surface area contributed by atoms with Crippen LogP contribution in [0.1, 0.15) is 0 Å². The maximum atomic E-state index is 9.00. The Labute approximate surface area is 24.8 Å². The van der Waals surface area contributed by atoms with Gasteiger partial charge in [0.15, 0.2) is 0 Å². The first-order valence-electron chi connectivity index (χ1n) is 0.878. The minimum absolute atomic E-state index is 0.514. The average molecular weight is 58.1 g/mol. The van der Waals surface area contributed by atoms with E-state index < -0.39 is 0 Å². The van der Waals surface area contributed by atoms with Crippen LogP contribution in [0.4, 0.5) is 0 Å². The van der Waals surface area contributed by atoms with Crippen LogP contribution in [0.2, 0.25) is 0 Å². The summed E-state index contributed by atoms with van der Waals surface area (Å²) in [6, 6.07) is 0. The van der Waals surface area contributed by atoms with Gasteiger partial charge in [-0.2, -0.15) is 0 Å². The predicted octanol–water partition coefficient (Wildman–Crippen LogP) is -0.476. The van der Waals surface area contributed by atoms with Crippen LogP contribution in [0.3, 0.4) is 0 Å². The van der Waals surface area contributed by atoms with E-state index in [1.54, 1.807) is 0 Å². The summed E-state index contributed by atoms with van der Waals surface area (Å²) in [4.78, 5) is 9.00. The first-order valence-corrected chi connectivity index (χ1v) is 0.878. The summed E-state index contributed by atoms with van der Waals surface area (Å²) >= 11 is 0. The van der Waals surface area contributed by atoms with Crippen molar-refractivity contribution >= 4 is 6.41 Å². The molecule has 0 aromatic carbocycles. The van der Waals surface area contributed by atoms with E-state index in [9.17, 15) is 0 Å². The Bertz CT molecular complexity index is 20.0. The molecule has 0 aromatic heterocycles. The minimum Gasteiger partial charge on any atom is -0.357 e. The summed E-state index contributed by atoms with van der Waals surface area (Å²) in [6.07, 6.45) is 0.514. The molecule has 2 nitrogen and oxygen atoms in total. The topological polar surface area (TPSA) is 29.1 Å². The van der Waals surface area contributed by atoms with E-state index in [1.807, 2.05) is 5.32 Å². The molecule has 0 heterocycles. The second kappa shape index (κ2) is 2.47. The van der Waals surface area contributed by atoms with Gasteiger partial charge in [0.2, 0.25) is 6.41 Å². The van der Waals surface area contributed by atoms with Crippen molar-refractivity contribution in [2.75, 3.05) is 0 Å². The highest BCUT2D eigenvalue weighted by atomic mass is 16.1. The number of nitrogens with one attached hydrogen (secondary N) is 1. The second-order valence-electron chi connectivity index (χ2n) is 0.322. The lowest BCUT2D eigenvalue weighted by Crippen LogP contribution is -1.93. The molecule has 0 aliphatic carbocycles. The molecule has 1 N–H and O–H groups in total. The van der Waals surface area contributed by atoms with Crippen molar-refractivity contribution in [1.29, 1.82) is 0 Å². The molecule has 0 fully saturated rings. The van der Waals surface area contributed by atoms with E-state index in [1.165, 1.54) is 0 Å². The molecule has 0 saturated carbocycles. The van der Waals surface area contributed by atoms with Gasteiger partial charge < -0.3 is 5.32 Å². The van der Waals surface area contributed by atoms with Crippen molar-refractivity contribution in [1.82, 2.24) is 5.32 Å². The predicted molar refractivity (Wildman–Crippen MR) is 14.6 cm³/mol. The van der Waals surface area contributed by atoms with E-state index >= 15 is 0 Å². The highest BCUT2D eigenvalue weighted by Gasteiger charge is 1.43. The monoisotopic (exact) mass is 58.0 g/mol. The average Bonchev–Trinajstić information content (AvgIpc) is 1.37. The molecule has 0 rings (SSSR count). The number of carbonyl (C=O) groups excluding carboxylic acids is 1. The van der Waals surface area contributed by atoms with Gasteiger partial charge in [0.25, 0.3) is 0 Å². The van der Waals surface area contributed by atoms with Crippen molar-refractivity contribution in [2.24, 2.45) is 0 Å². The zero-order chi connectivity index (χ0) is 3.41. The number of amides is 1. The SMILES string of the molecule is [CH2]NC=O. The number of rotatable bonds is 1. The highest BCUT2D eigenvalue weighted by Crippen LogP contribution is 1.16. The number of carbonyl (C=O) groups is 1. The van der Waals surface area contributed by atoms with E-state index in [-0.39, 0.29) is 0 Å². The summed E-state index contributed by atoms with van der Waals surface area (Å²) < 4.78 is 0. The summed E-state index contributed by atoms with van der Waals surface area (Å²) in [7, 11) is 2.99. The van der Waals surface area contributed by atoms with Crippen molar-refractivity contribution in [3.63, 3.8) is 0 Å².